The molecule has 0 bridgehead atoms. The lowest BCUT2D eigenvalue weighted by atomic mass is 9.98. The number of aromatic nitrogens is 1. The van der Waals surface area contributed by atoms with Crippen molar-refractivity contribution in [3.63, 3.8) is 0 Å². The highest BCUT2D eigenvalue weighted by Crippen LogP contribution is 2.42. The highest BCUT2D eigenvalue weighted by Gasteiger charge is 2.38. The van der Waals surface area contributed by atoms with Gasteiger partial charge >= 0.3 is 12.1 Å². The molecule has 0 fully saturated rings. The summed E-state index contributed by atoms with van der Waals surface area (Å²) < 4.78 is 46.5. The van der Waals surface area contributed by atoms with E-state index in [4.69, 9.17) is 16.3 Å². The molecule has 9 heteroatoms. The minimum Gasteiger partial charge on any atom is -0.467 e. The Labute approximate surface area is 193 Å². The van der Waals surface area contributed by atoms with Crippen molar-refractivity contribution in [2.75, 3.05) is 18.6 Å². The molecule has 0 N–H and O–H groups in total. The normalized spacial score (nSPS) is 15.4. The first-order valence-electron chi connectivity index (χ1n) is 10.1. The van der Waals surface area contributed by atoms with Gasteiger partial charge < -0.3 is 9.64 Å². The highest BCUT2D eigenvalue weighted by molar-refractivity contribution is 6.17. The summed E-state index contributed by atoms with van der Waals surface area (Å²) in [6.07, 6.45) is -4.54. The lowest BCUT2D eigenvalue weighted by molar-refractivity contribution is -0.144. The second-order valence-corrected chi connectivity index (χ2v) is 7.96. The van der Waals surface area contributed by atoms with Crippen LogP contribution >= 0.6 is 11.6 Å². The molecule has 0 radical (unpaired) electrons. The van der Waals surface area contributed by atoms with E-state index in [0.29, 0.717) is 23.5 Å². The Bertz CT molecular complexity index is 1240. The Morgan fingerprint density at radius 3 is 2.48 bits per heavy atom. The smallest absolute Gasteiger partial charge is 0.416 e. The maximum atomic E-state index is 13.4. The van der Waals surface area contributed by atoms with Crippen LogP contribution in [-0.2, 0) is 28.1 Å². The number of pyridine rings is 1. The molecule has 0 saturated heterocycles. The van der Waals surface area contributed by atoms with Gasteiger partial charge in [0.25, 0.3) is 5.56 Å². The van der Waals surface area contributed by atoms with Gasteiger partial charge in [0.1, 0.15) is 5.82 Å². The fourth-order valence-electron chi connectivity index (χ4n) is 4.18. The molecule has 1 aliphatic rings. The molecule has 3 aromatic rings. The molecule has 0 amide bonds. The van der Waals surface area contributed by atoms with E-state index in [1.165, 1.54) is 29.9 Å². The maximum absolute atomic E-state index is 13.4. The van der Waals surface area contributed by atoms with E-state index in [9.17, 15) is 22.8 Å². The van der Waals surface area contributed by atoms with Crippen LogP contribution in [0.25, 0.3) is 11.1 Å². The minimum absolute atomic E-state index is 0.0866. The number of hydrogen-bond donors (Lipinski definition) is 0. The zero-order valence-corrected chi connectivity index (χ0v) is 18.4. The topological polar surface area (TPSA) is 51.5 Å². The van der Waals surface area contributed by atoms with Crippen LogP contribution in [0.15, 0.2) is 65.5 Å². The number of ether oxygens (including phenoxy) is 1. The van der Waals surface area contributed by atoms with Crippen molar-refractivity contribution in [2.45, 2.75) is 24.6 Å². The van der Waals surface area contributed by atoms with Crippen LogP contribution < -0.4 is 10.5 Å². The van der Waals surface area contributed by atoms with Gasteiger partial charge in [0.2, 0.25) is 0 Å². The van der Waals surface area contributed by atoms with E-state index in [1.54, 1.807) is 0 Å². The summed E-state index contributed by atoms with van der Waals surface area (Å²) in [5.41, 5.74) is 0.653. The van der Waals surface area contributed by atoms with Gasteiger partial charge in [-0.15, -0.1) is 11.6 Å². The predicted octanol–water partition coefficient (Wildman–Crippen LogP) is 5.01. The predicted molar refractivity (Wildman–Crippen MR) is 119 cm³/mol. The summed E-state index contributed by atoms with van der Waals surface area (Å²) in [6.45, 7) is 0.472. The maximum Gasteiger partial charge on any atom is 0.416 e. The number of nitrogens with zero attached hydrogens (tertiary/aromatic N) is 2. The summed E-state index contributed by atoms with van der Waals surface area (Å²) in [7, 11) is 1.23. The van der Waals surface area contributed by atoms with Crippen molar-refractivity contribution < 1.29 is 22.7 Å². The summed E-state index contributed by atoms with van der Waals surface area (Å²) >= 11 is 6.14. The molecule has 172 valence electrons. The van der Waals surface area contributed by atoms with E-state index in [2.05, 4.69) is 0 Å². The van der Waals surface area contributed by atoms with Gasteiger partial charge in [-0.2, -0.15) is 13.2 Å². The van der Waals surface area contributed by atoms with Crippen LogP contribution in [0.2, 0.25) is 0 Å². The van der Waals surface area contributed by atoms with Crippen molar-refractivity contribution >= 4 is 23.4 Å². The molecule has 0 spiro atoms. The molecule has 2 heterocycles. The summed E-state index contributed by atoms with van der Waals surface area (Å²) in [5.74, 6) is -0.351. The number of carbonyl (C=O) groups excluding carboxylic acids is 1. The summed E-state index contributed by atoms with van der Waals surface area (Å²) in [6, 6.07) is 14.6. The molecule has 1 unspecified atom stereocenters. The van der Waals surface area contributed by atoms with E-state index >= 15 is 0 Å². The van der Waals surface area contributed by atoms with Crippen molar-refractivity contribution in [3.8, 4) is 11.1 Å². The van der Waals surface area contributed by atoms with E-state index < -0.39 is 29.3 Å². The van der Waals surface area contributed by atoms with E-state index in [0.717, 1.165) is 17.7 Å². The van der Waals surface area contributed by atoms with Crippen LogP contribution in [0, 0.1) is 0 Å². The molecule has 4 rings (SSSR count). The van der Waals surface area contributed by atoms with Crippen molar-refractivity contribution in [1.82, 2.24) is 4.57 Å². The fourth-order valence-corrected chi connectivity index (χ4v) is 4.39. The molecular formula is C24H20ClF3N2O3. The SMILES string of the molecule is COC(=O)C1CN(Cc2ccccc2)c2c(-c3cccc(C(F)(F)F)c3)c(CCl)cc(=O)n21. The molecule has 0 saturated carbocycles. The average molecular weight is 477 g/mol. The number of anilines is 1. The van der Waals surface area contributed by atoms with Gasteiger partial charge in [0, 0.05) is 24.1 Å². The third-order valence-corrected chi connectivity index (χ3v) is 5.91. The quantitative estimate of drug-likeness (QED) is 0.384. The molecule has 1 atom stereocenters. The Morgan fingerprint density at radius 2 is 1.85 bits per heavy atom. The van der Waals surface area contributed by atoms with Gasteiger partial charge in [0.05, 0.1) is 19.2 Å². The Balaban J connectivity index is 1.97. The van der Waals surface area contributed by atoms with Gasteiger partial charge in [-0.3, -0.25) is 9.36 Å². The minimum atomic E-state index is -4.54. The average Bonchev–Trinajstić information content (AvgIpc) is 3.18. The van der Waals surface area contributed by atoms with Gasteiger partial charge in [-0.1, -0.05) is 42.5 Å². The van der Waals surface area contributed by atoms with Crippen LogP contribution in [0.4, 0.5) is 19.0 Å². The Kier molecular flexibility index (Phi) is 6.21. The number of esters is 1. The number of alkyl halides is 4. The number of hydrogen-bond acceptors (Lipinski definition) is 4. The van der Waals surface area contributed by atoms with Crippen LogP contribution in [0.1, 0.15) is 22.7 Å². The summed E-state index contributed by atoms with van der Waals surface area (Å²) in [5, 5.41) is 0. The molecule has 33 heavy (non-hydrogen) atoms. The van der Waals surface area contributed by atoms with Crippen LogP contribution in [-0.4, -0.2) is 24.2 Å². The standard InChI is InChI=1S/C24H20ClF3N2O3/c1-33-23(32)19-14-29(13-15-6-3-2-4-7-15)22-21(17(12-25)11-20(31)30(19)22)16-8-5-9-18(10-16)24(26,27)28/h2-11,19H,12-14H2,1H3. The molecule has 2 aromatic carbocycles. The van der Waals surface area contributed by atoms with Crippen LogP contribution in [0.5, 0.6) is 0 Å². The largest absolute Gasteiger partial charge is 0.467 e. The van der Waals surface area contributed by atoms with Crippen molar-refractivity contribution in [3.05, 3.63) is 87.7 Å². The van der Waals surface area contributed by atoms with Crippen LogP contribution in [0.3, 0.4) is 0 Å². The van der Waals surface area contributed by atoms with Crippen molar-refractivity contribution in [1.29, 1.82) is 0 Å². The second kappa shape index (κ2) is 8.94. The number of rotatable bonds is 5. The third kappa shape index (κ3) is 4.35. The zero-order valence-electron chi connectivity index (χ0n) is 17.6. The lowest BCUT2D eigenvalue weighted by Gasteiger charge is -2.23. The van der Waals surface area contributed by atoms with Gasteiger partial charge in [-0.05, 0) is 28.8 Å². The number of benzene rings is 2. The number of methoxy groups -OCH3 is 1. The molecular weight excluding hydrogens is 457 g/mol. The van der Waals surface area contributed by atoms with Gasteiger partial charge in [0.15, 0.2) is 6.04 Å². The monoisotopic (exact) mass is 476 g/mol. The second-order valence-electron chi connectivity index (χ2n) is 7.69. The first-order chi connectivity index (χ1) is 15.7. The molecule has 0 aliphatic carbocycles. The van der Waals surface area contributed by atoms with E-state index in [-0.39, 0.29) is 18.0 Å². The fraction of sp³-hybridized carbons (Fsp3) is 0.250. The van der Waals surface area contributed by atoms with E-state index in [1.807, 2.05) is 35.2 Å². The highest BCUT2D eigenvalue weighted by atomic mass is 35.5. The van der Waals surface area contributed by atoms with Gasteiger partial charge in [-0.25, -0.2) is 4.79 Å². The number of carbonyl (C=O) groups is 1. The molecule has 1 aliphatic heterocycles. The first kappa shape index (κ1) is 22.9. The Hall–Kier alpha value is -3.26. The lowest BCUT2D eigenvalue weighted by Crippen LogP contribution is -2.29. The third-order valence-electron chi connectivity index (χ3n) is 5.62. The van der Waals surface area contributed by atoms with Crippen molar-refractivity contribution in [2.24, 2.45) is 0 Å². The Morgan fingerprint density at radius 1 is 1.12 bits per heavy atom. The molecule has 1 aromatic heterocycles. The number of fused-ring (bicyclic) bond motifs is 1. The number of halogens is 4. The molecule has 5 nitrogen and oxygen atoms in total. The first-order valence-corrected chi connectivity index (χ1v) is 10.7. The zero-order chi connectivity index (χ0) is 23.8. The summed E-state index contributed by atoms with van der Waals surface area (Å²) in [4.78, 5) is 27.4.